The molecule has 31 heavy (non-hydrogen) atoms. The zero-order valence-electron chi connectivity index (χ0n) is 18.6. The minimum Gasteiger partial charge on any atom is -0.378 e. The van der Waals surface area contributed by atoms with Crippen molar-refractivity contribution in [2.45, 2.75) is 6.42 Å². The molecule has 3 aromatic rings. The van der Waals surface area contributed by atoms with E-state index < -0.39 is 0 Å². The zero-order valence-corrected chi connectivity index (χ0v) is 18.6. The largest absolute Gasteiger partial charge is 0.378 e. The van der Waals surface area contributed by atoms with Crippen molar-refractivity contribution in [3.05, 3.63) is 101 Å². The summed E-state index contributed by atoms with van der Waals surface area (Å²) in [6.07, 6.45) is 4.70. The lowest BCUT2D eigenvalue weighted by Crippen LogP contribution is -2.16. The summed E-state index contributed by atoms with van der Waals surface area (Å²) in [5, 5.41) is 0. The number of benzene rings is 3. The maximum Gasteiger partial charge on any atom is 0.189 e. The summed E-state index contributed by atoms with van der Waals surface area (Å²) < 4.78 is 0. The summed E-state index contributed by atoms with van der Waals surface area (Å²) in [6, 6.07) is 24.8. The minimum atomic E-state index is 0.104. The van der Waals surface area contributed by atoms with Gasteiger partial charge in [-0.25, -0.2) is 0 Å². The van der Waals surface area contributed by atoms with Crippen LogP contribution in [0.25, 0.3) is 17.7 Å². The lowest BCUT2D eigenvalue weighted by Gasteiger charge is -2.21. The van der Waals surface area contributed by atoms with Crippen LogP contribution >= 0.6 is 0 Å². The van der Waals surface area contributed by atoms with Crippen LogP contribution in [0.4, 0.5) is 11.4 Å². The molecule has 0 N–H and O–H groups in total. The average Bonchev–Trinajstić information content (AvgIpc) is 2.77. The molecule has 0 bridgehead atoms. The number of anilines is 2. The number of allylic oxidation sites excluding steroid dienone is 2. The predicted molar refractivity (Wildman–Crippen MR) is 133 cm³/mol. The molecule has 0 heterocycles. The minimum absolute atomic E-state index is 0.104. The van der Waals surface area contributed by atoms with E-state index in [1.54, 1.807) is 0 Å². The Bertz CT molecular complexity index is 1150. The van der Waals surface area contributed by atoms with Gasteiger partial charge in [-0.2, -0.15) is 0 Å². The monoisotopic (exact) mass is 408 g/mol. The van der Waals surface area contributed by atoms with Crippen LogP contribution in [0.15, 0.2) is 78.4 Å². The number of ketones is 1. The van der Waals surface area contributed by atoms with Crippen molar-refractivity contribution in [3.8, 4) is 0 Å². The first kappa shape index (κ1) is 20.7. The van der Waals surface area contributed by atoms with Gasteiger partial charge >= 0.3 is 0 Å². The highest BCUT2D eigenvalue weighted by Gasteiger charge is 2.25. The van der Waals surface area contributed by atoms with Gasteiger partial charge in [-0.15, -0.1) is 0 Å². The van der Waals surface area contributed by atoms with Gasteiger partial charge in [0.15, 0.2) is 5.78 Å². The lowest BCUT2D eigenvalue weighted by atomic mass is 9.81. The second-order valence-corrected chi connectivity index (χ2v) is 8.36. The highest BCUT2D eigenvalue weighted by Crippen LogP contribution is 2.34. The topological polar surface area (TPSA) is 23.6 Å². The third-order valence-corrected chi connectivity index (χ3v) is 5.70. The Labute approximate surface area is 184 Å². The molecular formula is C28H28N2O. The normalized spacial score (nSPS) is 15.8. The van der Waals surface area contributed by atoms with E-state index in [4.69, 9.17) is 0 Å². The van der Waals surface area contributed by atoms with Gasteiger partial charge in [-0.3, -0.25) is 4.79 Å². The van der Waals surface area contributed by atoms with Crippen LogP contribution in [0.1, 0.15) is 22.3 Å². The van der Waals surface area contributed by atoms with E-state index in [1.165, 1.54) is 5.56 Å². The van der Waals surface area contributed by atoms with Crippen molar-refractivity contribution in [3.63, 3.8) is 0 Å². The van der Waals surface area contributed by atoms with Gasteiger partial charge in [0.25, 0.3) is 0 Å². The first-order valence-corrected chi connectivity index (χ1v) is 10.5. The maximum absolute atomic E-state index is 13.5. The van der Waals surface area contributed by atoms with Crippen LogP contribution in [-0.4, -0.2) is 34.0 Å². The fourth-order valence-corrected chi connectivity index (χ4v) is 3.88. The number of hydrogen-bond acceptors (Lipinski definition) is 3. The van der Waals surface area contributed by atoms with E-state index in [9.17, 15) is 4.79 Å². The molecule has 0 radical (unpaired) electrons. The lowest BCUT2D eigenvalue weighted by molar-refractivity contribution is -0.110. The van der Waals surface area contributed by atoms with Crippen LogP contribution in [0.3, 0.4) is 0 Å². The van der Waals surface area contributed by atoms with Gasteiger partial charge in [-0.1, -0.05) is 48.5 Å². The second kappa shape index (κ2) is 8.65. The van der Waals surface area contributed by atoms with Crippen molar-refractivity contribution in [2.75, 3.05) is 38.0 Å². The second-order valence-electron chi connectivity index (χ2n) is 8.36. The van der Waals surface area contributed by atoms with Crippen LogP contribution in [0.5, 0.6) is 0 Å². The van der Waals surface area contributed by atoms with E-state index in [0.717, 1.165) is 39.2 Å². The van der Waals surface area contributed by atoms with Gasteiger partial charge in [-0.05, 0) is 58.7 Å². The van der Waals surface area contributed by atoms with E-state index in [0.29, 0.717) is 6.42 Å². The van der Waals surface area contributed by atoms with Crippen molar-refractivity contribution >= 4 is 34.9 Å². The highest BCUT2D eigenvalue weighted by atomic mass is 16.1. The van der Waals surface area contributed by atoms with Crippen LogP contribution < -0.4 is 9.80 Å². The number of fused-ring (bicyclic) bond motifs is 1. The summed E-state index contributed by atoms with van der Waals surface area (Å²) >= 11 is 0. The molecule has 1 aliphatic carbocycles. The Balaban J connectivity index is 1.73. The smallest absolute Gasteiger partial charge is 0.189 e. The molecule has 3 nitrogen and oxygen atoms in total. The highest BCUT2D eigenvalue weighted by molar-refractivity contribution is 6.35. The maximum atomic E-state index is 13.5. The quantitative estimate of drug-likeness (QED) is 0.528. The number of carbonyl (C=O) groups is 1. The molecule has 0 amide bonds. The first-order valence-electron chi connectivity index (χ1n) is 10.5. The Kier molecular flexibility index (Phi) is 5.77. The molecule has 0 fully saturated rings. The number of carbonyl (C=O) groups excluding carboxylic acids is 1. The Morgan fingerprint density at radius 2 is 1.19 bits per heavy atom. The van der Waals surface area contributed by atoms with Crippen molar-refractivity contribution in [1.29, 1.82) is 0 Å². The number of hydrogen-bond donors (Lipinski definition) is 0. The van der Waals surface area contributed by atoms with Gasteiger partial charge in [0.1, 0.15) is 0 Å². The molecule has 3 aromatic carbocycles. The molecule has 0 saturated carbocycles. The Morgan fingerprint density at radius 3 is 1.74 bits per heavy atom. The van der Waals surface area contributed by atoms with Crippen molar-refractivity contribution in [2.24, 2.45) is 0 Å². The first-order chi connectivity index (χ1) is 14.9. The van der Waals surface area contributed by atoms with Gasteiger partial charge < -0.3 is 9.80 Å². The molecule has 0 aromatic heterocycles. The molecule has 3 heteroatoms. The van der Waals surface area contributed by atoms with Crippen LogP contribution in [0.2, 0.25) is 0 Å². The zero-order chi connectivity index (χ0) is 22.0. The third kappa shape index (κ3) is 4.46. The van der Waals surface area contributed by atoms with E-state index in [-0.39, 0.29) is 5.78 Å². The number of Topliss-reactive ketones (excluding diaryl/α,β-unsaturated/α-hetero) is 1. The Morgan fingerprint density at radius 1 is 0.677 bits per heavy atom. The molecule has 4 rings (SSSR count). The van der Waals surface area contributed by atoms with Gasteiger partial charge in [0.05, 0.1) is 0 Å². The number of rotatable bonds is 4. The molecule has 0 spiro atoms. The van der Waals surface area contributed by atoms with E-state index >= 15 is 0 Å². The molecule has 0 atom stereocenters. The predicted octanol–water partition coefficient (Wildman–Crippen LogP) is 5.57. The van der Waals surface area contributed by atoms with Gasteiger partial charge in [0.2, 0.25) is 0 Å². The fourth-order valence-electron chi connectivity index (χ4n) is 3.88. The molecule has 156 valence electrons. The summed E-state index contributed by atoms with van der Waals surface area (Å²) in [5.41, 5.74) is 8.16. The van der Waals surface area contributed by atoms with Gasteiger partial charge in [0, 0.05) is 57.1 Å². The average molecular weight is 409 g/mol. The summed E-state index contributed by atoms with van der Waals surface area (Å²) in [5.74, 6) is 0.104. The molecule has 0 saturated heterocycles. The van der Waals surface area contributed by atoms with Crippen molar-refractivity contribution in [1.82, 2.24) is 0 Å². The molecular weight excluding hydrogens is 380 g/mol. The number of nitrogens with zero attached hydrogens (tertiary/aromatic N) is 2. The standard InChI is InChI=1S/C28H28N2O/c1-29(2)24-13-9-20(10-14-24)17-23-19-22-7-5-6-8-26(22)27(28(23)31)18-21-11-15-25(16-12-21)30(3)4/h5-18H,19H2,1-4H3/b23-17+,27-18+. The molecule has 0 unspecified atom stereocenters. The van der Waals surface area contributed by atoms with Crippen LogP contribution in [-0.2, 0) is 11.2 Å². The van der Waals surface area contributed by atoms with Crippen molar-refractivity contribution < 1.29 is 4.79 Å². The SMILES string of the molecule is CN(C)c1ccc(/C=C2\Cc3ccccc3/C(=C\c3ccc(N(C)C)cc3)C2=O)cc1. The Hall–Kier alpha value is -3.59. The third-order valence-electron chi connectivity index (χ3n) is 5.70. The summed E-state index contributed by atoms with van der Waals surface area (Å²) in [4.78, 5) is 17.6. The molecule has 1 aliphatic rings. The van der Waals surface area contributed by atoms with E-state index in [1.807, 2.05) is 52.5 Å². The van der Waals surface area contributed by atoms with Crippen LogP contribution in [0, 0.1) is 0 Å². The summed E-state index contributed by atoms with van der Waals surface area (Å²) in [7, 11) is 8.10. The molecule has 0 aliphatic heterocycles. The summed E-state index contributed by atoms with van der Waals surface area (Å²) in [6.45, 7) is 0. The fraction of sp³-hybridized carbons (Fsp3) is 0.179. The van der Waals surface area contributed by atoms with E-state index in [2.05, 4.69) is 70.5 Å².